The Bertz CT molecular complexity index is 1020. The number of nitrogens with zero attached hydrogens (tertiary/aromatic N) is 4. The molecular weight excluding hydrogens is 368 g/mol. The summed E-state index contributed by atoms with van der Waals surface area (Å²) in [6.45, 7) is 1.91. The maximum absolute atomic E-state index is 12.8. The van der Waals surface area contributed by atoms with E-state index in [0.717, 1.165) is 5.69 Å². The molecule has 0 spiro atoms. The number of rotatable bonds is 5. The average molecular weight is 385 g/mol. The molecule has 0 saturated heterocycles. The van der Waals surface area contributed by atoms with Gasteiger partial charge in [0, 0.05) is 23.7 Å². The van der Waals surface area contributed by atoms with Crippen LogP contribution in [0, 0.1) is 17.0 Å². The van der Waals surface area contributed by atoms with E-state index in [9.17, 15) is 14.9 Å². The molecule has 138 valence electrons. The smallest absolute Gasteiger partial charge is 0.274 e. The first-order valence-electron chi connectivity index (χ1n) is 8.17. The molecule has 0 aliphatic rings. The van der Waals surface area contributed by atoms with Gasteiger partial charge in [0.1, 0.15) is 0 Å². The minimum Gasteiger partial charge on any atom is -0.337 e. The second-order valence-corrected chi connectivity index (χ2v) is 6.52. The molecule has 3 rings (SSSR count). The quantitative estimate of drug-likeness (QED) is 0.491. The van der Waals surface area contributed by atoms with Crippen molar-refractivity contribution in [3.05, 3.63) is 86.7 Å². The molecule has 0 unspecified atom stereocenters. The third kappa shape index (κ3) is 3.83. The monoisotopic (exact) mass is 384 g/mol. The van der Waals surface area contributed by atoms with Gasteiger partial charge in [-0.3, -0.25) is 14.9 Å². The molecule has 1 amide bonds. The number of para-hydroxylation sites is 1. The van der Waals surface area contributed by atoms with Crippen molar-refractivity contribution in [1.82, 2.24) is 14.7 Å². The van der Waals surface area contributed by atoms with Crippen molar-refractivity contribution < 1.29 is 9.72 Å². The number of hydrogen-bond donors (Lipinski definition) is 0. The van der Waals surface area contributed by atoms with E-state index in [4.69, 9.17) is 11.6 Å². The highest BCUT2D eigenvalue weighted by Gasteiger charge is 2.21. The fourth-order valence-electron chi connectivity index (χ4n) is 2.84. The number of carbonyl (C=O) groups is 1. The maximum Gasteiger partial charge on any atom is 0.274 e. The van der Waals surface area contributed by atoms with E-state index in [1.807, 2.05) is 6.07 Å². The minimum atomic E-state index is -0.448. The molecule has 0 aliphatic heterocycles. The molecule has 2 aromatic carbocycles. The van der Waals surface area contributed by atoms with Gasteiger partial charge in [-0.2, -0.15) is 5.10 Å². The average Bonchev–Trinajstić information content (AvgIpc) is 3.02. The Morgan fingerprint density at radius 2 is 2.00 bits per heavy atom. The van der Waals surface area contributed by atoms with Crippen molar-refractivity contribution in [3.8, 4) is 5.69 Å². The van der Waals surface area contributed by atoms with Crippen LogP contribution < -0.4 is 0 Å². The number of nitro groups is 1. The Morgan fingerprint density at radius 1 is 1.26 bits per heavy atom. The van der Waals surface area contributed by atoms with Crippen molar-refractivity contribution in [1.29, 1.82) is 0 Å². The first-order chi connectivity index (χ1) is 12.9. The first kappa shape index (κ1) is 18.6. The SMILES string of the molecule is Cc1c(C(=O)N(C)Cc2ccccc2[N+](=O)[O-])cnn1-c1cccc(Cl)c1. The van der Waals surface area contributed by atoms with E-state index in [1.165, 1.54) is 17.2 Å². The predicted octanol–water partition coefficient (Wildman–Crippen LogP) is 4.01. The number of hydrogen-bond acceptors (Lipinski definition) is 4. The van der Waals surface area contributed by atoms with Crippen LogP contribution in [0.5, 0.6) is 0 Å². The minimum absolute atomic E-state index is 0.0107. The summed E-state index contributed by atoms with van der Waals surface area (Å²) in [5.41, 5.74) is 2.30. The molecule has 0 aliphatic carbocycles. The first-order valence-corrected chi connectivity index (χ1v) is 8.54. The van der Waals surface area contributed by atoms with Crippen molar-refractivity contribution >= 4 is 23.2 Å². The zero-order valence-electron chi connectivity index (χ0n) is 14.8. The van der Waals surface area contributed by atoms with E-state index in [-0.39, 0.29) is 18.1 Å². The molecule has 0 N–H and O–H groups in total. The highest BCUT2D eigenvalue weighted by Crippen LogP contribution is 2.22. The zero-order valence-corrected chi connectivity index (χ0v) is 15.6. The second kappa shape index (κ2) is 7.59. The standard InChI is InChI=1S/C19H17ClN4O3/c1-13-17(11-21-23(13)16-8-5-7-15(20)10-16)19(25)22(2)12-14-6-3-4-9-18(14)24(26)27/h3-11H,12H2,1-2H3. The summed E-state index contributed by atoms with van der Waals surface area (Å²) >= 11 is 6.03. The number of carbonyl (C=O) groups excluding carboxylic acids is 1. The van der Waals surface area contributed by atoms with Crippen LogP contribution in [0.25, 0.3) is 5.69 Å². The summed E-state index contributed by atoms with van der Waals surface area (Å²) < 4.78 is 1.64. The van der Waals surface area contributed by atoms with Crippen molar-refractivity contribution in [2.45, 2.75) is 13.5 Å². The summed E-state index contributed by atoms with van der Waals surface area (Å²) in [6.07, 6.45) is 1.49. The number of nitro benzene ring substituents is 1. The largest absolute Gasteiger partial charge is 0.337 e. The molecule has 0 saturated carbocycles. The van der Waals surface area contributed by atoms with Crippen LogP contribution in [0.1, 0.15) is 21.6 Å². The van der Waals surface area contributed by atoms with Gasteiger partial charge in [0.15, 0.2) is 0 Å². The van der Waals surface area contributed by atoms with Crippen LogP contribution in [-0.4, -0.2) is 32.6 Å². The third-order valence-electron chi connectivity index (χ3n) is 4.24. The third-order valence-corrected chi connectivity index (χ3v) is 4.47. The zero-order chi connectivity index (χ0) is 19.6. The number of amides is 1. The Morgan fingerprint density at radius 3 is 2.70 bits per heavy atom. The lowest BCUT2D eigenvalue weighted by atomic mass is 10.1. The Hall–Kier alpha value is -3.19. The lowest BCUT2D eigenvalue weighted by Crippen LogP contribution is -2.27. The van der Waals surface area contributed by atoms with E-state index < -0.39 is 4.92 Å². The highest BCUT2D eigenvalue weighted by atomic mass is 35.5. The van der Waals surface area contributed by atoms with Gasteiger partial charge in [-0.05, 0) is 25.1 Å². The van der Waals surface area contributed by atoms with Crippen molar-refractivity contribution in [3.63, 3.8) is 0 Å². The van der Waals surface area contributed by atoms with Gasteiger partial charge >= 0.3 is 0 Å². The number of aromatic nitrogens is 2. The van der Waals surface area contributed by atoms with Crippen LogP contribution in [0.3, 0.4) is 0 Å². The van der Waals surface area contributed by atoms with Gasteiger partial charge in [-0.25, -0.2) is 4.68 Å². The summed E-state index contributed by atoms with van der Waals surface area (Å²) in [5.74, 6) is -0.265. The van der Waals surface area contributed by atoms with Crippen LogP contribution in [-0.2, 0) is 6.54 Å². The molecule has 3 aromatic rings. The van der Waals surface area contributed by atoms with Gasteiger partial charge in [0.2, 0.25) is 0 Å². The van der Waals surface area contributed by atoms with Gasteiger partial charge < -0.3 is 4.90 Å². The topological polar surface area (TPSA) is 81.3 Å². The Balaban J connectivity index is 1.85. The molecule has 8 heteroatoms. The number of benzene rings is 2. The fourth-order valence-corrected chi connectivity index (χ4v) is 3.03. The van der Waals surface area contributed by atoms with Crippen LogP contribution in [0.4, 0.5) is 5.69 Å². The van der Waals surface area contributed by atoms with E-state index in [2.05, 4.69) is 5.10 Å². The summed E-state index contributed by atoms with van der Waals surface area (Å²) in [5, 5.41) is 16.0. The van der Waals surface area contributed by atoms with Gasteiger partial charge in [0.25, 0.3) is 11.6 Å². The molecular formula is C19H17ClN4O3. The van der Waals surface area contributed by atoms with Gasteiger partial charge in [0.05, 0.1) is 34.6 Å². The maximum atomic E-state index is 12.8. The van der Waals surface area contributed by atoms with Crippen LogP contribution in [0.15, 0.2) is 54.7 Å². The summed E-state index contributed by atoms with van der Waals surface area (Å²) in [4.78, 5) is 25.0. The van der Waals surface area contributed by atoms with Crippen LogP contribution >= 0.6 is 11.6 Å². The normalized spacial score (nSPS) is 10.6. The fraction of sp³-hybridized carbons (Fsp3) is 0.158. The Labute approximate surface area is 160 Å². The molecule has 1 aromatic heterocycles. The lowest BCUT2D eigenvalue weighted by Gasteiger charge is -2.17. The Kier molecular flexibility index (Phi) is 5.23. The van der Waals surface area contributed by atoms with Crippen molar-refractivity contribution in [2.75, 3.05) is 7.05 Å². The molecule has 27 heavy (non-hydrogen) atoms. The number of halogens is 1. The van der Waals surface area contributed by atoms with Crippen molar-refractivity contribution in [2.24, 2.45) is 0 Å². The predicted molar refractivity (Wildman–Crippen MR) is 102 cm³/mol. The molecule has 0 bridgehead atoms. The molecule has 0 radical (unpaired) electrons. The van der Waals surface area contributed by atoms with E-state index in [1.54, 1.807) is 55.1 Å². The van der Waals surface area contributed by atoms with Gasteiger partial charge in [-0.15, -0.1) is 0 Å². The molecule has 1 heterocycles. The summed E-state index contributed by atoms with van der Waals surface area (Å²) in [6, 6.07) is 13.5. The van der Waals surface area contributed by atoms with Crippen LogP contribution in [0.2, 0.25) is 5.02 Å². The van der Waals surface area contributed by atoms with E-state index >= 15 is 0 Å². The summed E-state index contributed by atoms with van der Waals surface area (Å²) in [7, 11) is 1.61. The molecule has 0 fully saturated rings. The second-order valence-electron chi connectivity index (χ2n) is 6.08. The molecule has 0 atom stereocenters. The van der Waals surface area contributed by atoms with Gasteiger partial charge in [-0.1, -0.05) is 35.9 Å². The van der Waals surface area contributed by atoms with E-state index in [0.29, 0.717) is 21.8 Å². The highest BCUT2D eigenvalue weighted by molar-refractivity contribution is 6.30. The lowest BCUT2D eigenvalue weighted by molar-refractivity contribution is -0.385. The molecule has 7 nitrogen and oxygen atoms in total.